The van der Waals surface area contributed by atoms with Crippen LogP contribution in [0.2, 0.25) is 0 Å². The van der Waals surface area contributed by atoms with Crippen molar-refractivity contribution in [3.8, 4) is 0 Å². The lowest BCUT2D eigenvalue weighted by Crippen LogP contribution is -2.59. The van der Waals surface area contributed by atoms with Crippen molar-refractivity contribution >= 4 is 29.6 Å². The van der Waals surface area contributed by atoms with Crippen LogP contribution in [-0.2, 0) is 23.9 Å². The van der Waals surface area contributed by atoms with Gasteiger partial charge in [-0.15, -0.1) is 0 Å². The average molecular weight is 573 g/mol. The summed E-state index contributed by atoms with van der Waals surface area (Å²) < 4.78 is 5.80. The first-order valence-corrected chi connectivity index (χ1v) is 15.9. The Hall–Kier alpha value is -2.65. The number of hydrogen-bond donors (Lipinski definition) is 3. The number of piperidine rings is 1. The number of likely N-dealkylation sites (tertiary alicyclic amines) is 1. The fourth-order valence-electron chi connectivity index (χ4n) is 7.99. The lowest BCUT2D eigenvalue weighted by Gasteiger charge is -2.37. The predicted molar refractivity (Wildman–Crippen MR) is 151 cm³/mol. The minimum Gasteiger partial charge on any atom is -0.446 e. The Labute approximate surface area is 243 Å². The number of carbonyl (C=O) groups excluding carboxylic acids is 5. The Morgan fingerprint density at radius 2 is 1.66 bits per heavy atom. The second kappa shape index (κ2) is 11.9. The molecule has 4 saturated carbocycles. The number of Topliss-reactive ketones (excluding diaryl/α,β-unsaturated/α-hetero) is 1. The molecule has 0 radical (unpaired) electrons. The van der Waals surface area contributed by atoms with Crippen LogP contribution in [0.5, 0.6) is 0 Å². The van der Waals surface area contributed by atoms with Crippen LogP contribution in [0.15, 0.2) is 0 Å². The standard InChI is InChI=1S/C31H48N4O6/c1-17-8-7-11-20(14-17)41-30(40)34-24(19-9-5-4-6-10-19)29(39)35-16-21-23(31(21,2)3)25(35)28(38)33-22(15-18-12-13-18)26(36)27(32)37/h17-25H,4-16H2,1-3H3,(H2,32,37)(H,33,38)(H,34,40)/t17?,20?,21-,22?,23-,24-,25-/m0/s1. The number of nitrogens with two attached hydrogens (primary N) is 1. The molecule has 10 heteroatoms. The zero-order valence-corrected chi connectivity index (χ0v) is 24.9. The van der Waals surface area contributed by atoms with Crippen molar-refractivity contribution in [2.24, 2.45) is 40.7 Å². The van der Waals surface area contributed by atoms with Crippen LogP contribution in [0.4, 0.5) is 4.79 Å². The molecular formula is C31H48N4O6. The summed E-state index contributed by atoms with van der Waals surface area (Å²) in [6.07, 6.45) is 10.1. The molecule has 1 aliphatic heterocycles. The van der Waals surface area contributed by atoms with E-state index in [4.69, 9.17) is 10.5 Å². The third-order valence-corrected chi connectivity index (χ3v) is 10.7. The Morgan fingerprint density at radius 1 is 0.951 bits per heavy atom. The molecule has 228 valence electrons. The molecule has 4 amide bonds. The van der Waals surface area contributed by atoms with E-state index in [1.165, 1.54) is 0 Å². The van der Waals surface area contributed by atoms with E-state index in [1.807, 2.05) is 0 Å². The molecule has 3 unspecified atom stereocenters. The number of nitrogens with zero attached hydrogens (tertiary/aromatic N) is 1. The summed E-state index contributed by atoms with van der Waals surface area (Å²) in [5, 5.41) is 5.76. The van der Waals surface area contributed by atoms with Crippen molar-refractivity contribution in [1.82, 2.24) is 15.5 Å². The summed E-state index contributed by atoms with van der Waals surface area (Å²) in [6.45, 7) is 6.78. The van der Waals surface area contributed by atoms with Gasteiger partial charge in [0.2, 0.25) is 17.6 Å². The SMILES string of the molecule is CC1CCCC(OC(=O)N[C@H](C(=O)N2C[C@H]3[C@@H]([C@H]2C(=O)NC(CC2CC2)C(=O)C(N)=O)C3(C)C)C2CCCCC2)C1. The van der Waals surface area contributed by atoms with Crippen LogP contribution in [0.25, 0.3) is 0 Å². The van der Waals surface area contributed by atoms with Gasteiger partial charge in [0.15, 0.2) is 0 Å². The van der Waals surface area contributed by atoms with E-state index >= 15 is 0 Å². The lowest BCUT2D eigenvalue weighted by atomic mass is 9.83. The predicted octanol–water partition coefficient (Wildman–Crippen LogP) is 3.06. The Bertz CT molecular complexity index is 1050. The zero-order chi connectivity index (χ0) is 29.5. The minimum atomic E-state index is -1.06. The Kier molecular flexibility index (Phi) is 8.67. The number of carbonyl (C=O) groups is 5. The molecule has 1 heterocycles. The molecule has 5 fully saturated rings. The summed E-state index contributed by atoms with van der Waals surface area (Å²) in [5.74, 6) is -1.68. The molecule has 5 rings (SSSR count). The molecule has 5 aliphatic rings. The van der Waals surface area contributed by atoms with Crippen molar-refractivity contribution in [1.29, 1.82) is 0 Å². The molecule has 0 aromatic rings. The molecule has 0 bridgehead atoms. The van der Waals surface area contributed by atoms with E-state index < -0.39 is 41.8 Å². The summed E-state index contributed by atoms with van der Waals surface area (Å²) in [7, 11) is 0. The number of ketones is 1. The topological polar surface area (TPSA) is 148 Å². The molecule has 0 aromatic heterocycles. The van der Waals surface area contributed by atoms with Crippen LogP contribution in [0, 0.1) is 35.0 Å². The highest BCUT2D eigenvalue weighted by molar-refractivity contribution is 6.37. The van der Waals surface area contributed by atoms with Crippen LogP contribution in [-0.4, -0.2) is 65.3 Å². The van der Waals surface area contributed by atoms with E-state index in [-0.39, 0.29) is 41.1 Å². The first-order chi connectivity index (χ1) is 19.5. The van der Waals surface area contributed by atoms with Crippen LogP contribution in [0.1, 0.15) is 97.8 Å². The first-order valence-electron chi connectivity index (χ1n) is 15.9. The number of nitrogens with one attached hydrogen (secondary N) is 2. The van der Waals surface area contributed by atoms with Crippen molar-refractivity contribution in [2.75, 3.05) is 6.54 Å². The van der Waals surface area contributed by atoms with Gasteiger partial charge in [0.05, 0.1) is 6.04 Å². The summed E-state index contributed by atoms with van der Waals surface area (Å²) in [5.41, 5.74) is 5.18. The van der Waals surface area contributed by atoms with Crippen LogP contribution in [0.3, 0.4) is 0 Å². The first kappa shape index (κ1) is 29.8. The van der Waals surface area contributed by atoms with E-state index in [0.29, 0.717) is 18.9 Å². The fourth-order valence-corrected chi connectivity index (χ4v) is 7.99. The van der Waals surface area contributed by atoms with Crippen molar-refractivity contribution in [2.45, 2.75) is 122 Å². The van der Waals surface area contributed by atoms with E-state index in [0.717, 1.165) is 70.6 Å². The van der Waals surface area contributed by atoms with Gasteiger partial charge in [0.1, 0.15) is 18.2 Å². The molecule has 0 spiro atoms. The average Bonchev–Trinajstić information content (AvgIpc) is 3.78. The normalized spacial score (nSPS) is 32.3. The Balaban J connectivity index is 1.33. The summed E-state index contributed by atoms with van der Waals surface area (Å²) >= 11 is 0. The van der Waals surface area contributed by atoms with Crippen molar-refractivity contribution in [3.63, 3.8) is 0 Å². The molecule has 41 heavy (non-hydrogen) atoms. The maximum absolute atomic E-state index is 14.3. The zero-order valence-electron chi connectivity index (χ0n) is 24.9. The lowest BCUT2D eigenvalue weighted by molar-refractivity contribution is -0.144. The molecule has 0 aromatic carbocycles. The molecule has 1 saturated heterocycles. The minimum absolute atomic E-state index is 0.0261. The summed E-state index contributed by atoms with van der Waals surface area (Å²) in [6, 6.07) is -2.52. The van der Waals surface area contributed by atoms with Gasteiger partial charge in [-0.25, -0.2) is 4.79 Å². The highest BCUT2D eigenvalue weighted by atomic mass is 16.6. The number of alkyl carbamates (subject to hydrolysis) is 1. The number of rotatable bonds is 10. The third-order valence-electron chi connectivity index (χ3n) is 10.7. The van der Waals surface area contributed by atoms with E-state index in [2.05, 4.69) is 31.4 Å². The van der Waals surface area contributed by atoms with Gasteiger partial charge in [-0.05, 0) is 73.5 Å². The fraction of sp³-hybridized carbons (Fsp3) is 0.839. The van der Waals surface area contributed by atoms with Crippen LogP contribution >= 0.6 is 0 Å². The van der Waals surface area contributed by atoms with Gasteiger partial charge < -0.3 is 26.0 Å². The smallest absolute Gasteiger partial charge is 0.408 e. The number of fused-ring (bicyclic) bond motifs is 1. The number of hydrogen-bond acceptors (Lipinski definition) is 6. The molecule has 7 atom stereocenters. The molecule has 10 nitrogen and oxygen atoms in total. The number of primary amides is 1. The van der Waals surface area contributed by atoms with Gasteiger partial charge in [-0.3, -0.25) is 19.2 Å². The highest BCUT2D eigenvalue weighted by Gasteiger charge is 2.69. The number of amides is 4. The highest BCUT2D eigenvalue weighted by Crippen LogP contribution is 2.65. The van der Waals surface area contributed by atoms with Gasteiger partial charge in [-0.1, -0.05) is 59.3 Å². The van der Waals surface area contributed by atoms with Crippen molar-refractivity contribution < 1.29 is 28.7 Å². The quantitative estimate of drug-likeness (QED) is 0.343. The maximum atomic E-state index is 14.3. The van der Waals surface area contributed by atoms with Gasteiger partial charge >= 0.3 is 6.09 Å². The molecule has 4 N–H and O–H groups in total. The van der Waals surface area contributed by atoms with E-state index in [1.54, 1.807) is 4.90 Å². The summed E-state index contributed by atoms with van der Waals surface area (Å²) in [4.78, 5) is 67.1. The van der Waals surface area contributed by atoms with Gasteiger partial charge in [-0.2, -0.15) is 0 Å². The monoisotopic (exact) mass is 572 g/mol. The largest absolute Gasteiger partial charge is 0.446 e. The number of ether oxygens (including phenoxy) is 1. The van der Waals surface area contributed by atoms with E-state index in [9.17, 15) is 24.0 Å². The van der Waals surface area contributed by atoms with Gasteiger partial charge in [0, 0.05) is 6.54 Å². The second-order valence-corrected chi connectivity index (χ2v) is 14.2. The van der Waals surface area contributed by atoms with Crippen molar-refractivity contribution in [3.05, 3.63) is 0 Å². The van der Waals surface area contributed by atoms with Gasteiger partial charge in [0.25, 0.3) is 5.91 Å². The molecular weight excluding hydrogens is 524 g/mol. The third kappa shape index (κ3) is 6.56. The maximum Gasteiger partial charge on any atom is 0.408 e. The second-order valence-electron chi connectivity index (χ2n) is 14.2. The Morgan fingerprint density at radius 3 is 2.29 bits per heavy atom. The van der Waals surface area contributed by atoms with Crippen LogP contribution < -0.4 is 16.4 Å². The molecule has 4 aliphatic carbocycles.